The van der Waals surface area contributed by atoms with Crippen molar-refractivity contribution in [2.24, 2.45) is 5.92 Å². The van der Waals surface area contributed by atoms with Crippen LogP contribution in [0.25, 0.3) is 0 Å². The Bertz CT molecular complexity index is 1410. The highest BCUT2D eigenvalue weighted by atomic mass is 35.5. The maximum atomic E-state index is 14.5. The number of hydrogen-bond acceptors (Lipinski definition) is 8. The Morgan fingerprint density at radius 1 is 1.13 bits per heavy atom. The van der Waals surface area contributed by atoms with Gasteiger partial charge in [0.15, 0.2) is 5.75 Å². The Labute approximate surface area is 231 Å². The van der Waals surface area contributed by atoms with Crippen LogP contribution >= 0.6 is 11.6 Å². The van der Waals surface area contributed by atoms with Crippen molar-refractivity contribution >= 4 is 29.1 Å². The molecule has 0 aromatic heterocycles. The minimum absolute atomic E-state index is 0.0675. The van der Waals surface area contributed by atoms with E-state index in [2.05, 4.69) is 5.32 Å². The molecule has 2 heterocycles. The Hall–Kier alpha value is -3.78. The van der Waals surface area contributed by atoms with E-state index < -0.39 is 35.0 Å². The number of carbonyl (C=O) groups excluding carboxylic acids is 3. The number of esters is 1. The predicted molar refractivity (Wildman–Crippen MR) is 144 cm³/mol. The number of methoxy groups -OCH3 is 2. The van der Waals surface area contributed by atoms with Crippen molar-refractivity contribution in [1.29, 1.82) is 0 Å². The minimum atomic E-state index is -1.84. The smallest absolute Gasteiger partial charge is 0.354 e. The number of Topliss-reactive ketones (excluding diaryl/α,β-unsaturated/α-hetero) is 2. The first-order chi connectivity index (χ1) is 18.8. The molecule has 0 bridgehead atoms. The van der Waals surface area contributed by atoms with Crippen LogP contribution in [-0.4, -0.2) is 44.0 Å². The molecule has 39 heavy (non-hydrogen) atoms. The summed E-state index contributed by atoms with van der Waals surface area (Å²) < 4.78 is 22.6. The van der Waals surface area contributed by atoms with Gasteiger partial charge in [-0.15, -0.1) is 0 Å². The Balaban J connectivity index is 1.60. The van der Waals surface area contributed by atoms with E-state index in [1.807, 2.05) is 37.3 Å². The van der Waals surface area contributed by atoms with Crippen LogP contribution < -0.4 is 19.5 Å². The molecule has 2 aromatic rings. The van der Waals surface area contributed by atoms with E-state index in [9.17, 15) is 14.4 Å². The van der Waals surface area contributed by atoms with E-state index in [0.29, 0.717) is 17.9 Å². The van der Waals surface area contributed by atoms with E-state index in [-0.39, 0.29) is 40.0 Å². The number of hydrogen-bond donors (Lipinski definition) is 1. The van der Waals surface area contributed by atoms with E-state index in [1.54, 1.807) is 13.0 Å². The molecule has 0 amide bonds. The number of carbonyl (C=O) groups is 3. The third-order valence-corrected chi connectivity index (χ3v) is 7.93. The molecule has 0 saturated heterocycles. The molecule has 2 aliphatic heterocycles. The third kappa shape index (κ3) is 4.18. The number of benzene rings is 2. The summed E-state index contributed by atoms with van der Waals surface area (Å²) in [6.45, 7) is 4.10. The quantitative estimate of drug-likeness (QED) is 0.286. The molecule has 9 heteroatoms. The van der Waals surface area contributed by atoms with Crippen LogP contribution in [0.2, 0.25) is 5.02 Å². The van der Waals surface area contributed by atoms with Gasteiger partial charge in [0.05, 0.1) is 20.8 Å². The lowest BCUT2D eigenvalue weighted by molar-refractivity contribution is -0.140. The summed E-state index contributed by atoms with van der Waals surface area (Å²) in [7, 11) is 2.87. The number of unbranched alkanes of at least 4 members (excludes halogenated alkanes) is 1. The molecule has 1 spiro atoms. The second kappa shape index (κ2) is 10.4. The lowest BCUT2D eigenvalue weighted by atomic mass is 9.67. The van der Waals surface area contributed by atoms with Crippen molar-refractivity contribution in [2.45, 2.75) is 44.6 Å². The third-order valence-electron chi connectivity index (χ3n) is 7.57. The average molecular weight is 552 g/mol. The molecule has 8 nitrogen and oxygen atoms in total. The molecule has 204 valence electrons. The lowest BCUT2D eigenvalue weighted by Gasteiger charge is -2.41. The topological polar surface area (TPSA) is 100 Å². The summed E-state index contributed by atoms with van der Waals surface area (Å²) in [6, 6.07) is 10.9. The zero-order valence-electron chi connectivity index (χ0n) is 22.3. The maximum absolute atomic E-state index is 14.5. The minimum Gasteiger partial charge on any atom is -0.496 e. The zero-order valence-corrected chi connectivity index (χ0v) is 23.0. The van der Waals surface area contributed by atoms with Crippen LogP contribution in [0.5, 0.6) is 17.2 Å². The number of ether oxygens (including phenoxy) is 4. The second-order valence-corrected chi connectivity index (χ2v) is 10.3. The normalized spacial score (nSPS) is 23.5. The Morgan fingerprint density at radius 2 is 1.85 bits per heavy atom. The monoisotopic (exact) mass is 551 g/mol. The average Bonchev–Trinajstić information content (AvgIpc) is 3.26. The van der Waals surface area contributed by atoms with Crippen molar-refractivity contribution in [3.8, 4) is 17.2 Å². The Morgan fingerprint density at radius 3 is 2.51 bits per heavy atom. The van der Waals surface area contributed by atoms with Crippen LogP contribution in [0.4, 0.5) is 0 Å². The Kier molecular flexibility index (Phi) is 7.16. The standard InChI is InChI=1S/C30H30ClNO7/c1-5-6-12-38-29(35)20-14-18(17-10-8-7-9-11-17)23-19(32-20)13-16(2)30(27(23)33)28(34)24-21(36-3)15-22(37-4)25(31)26(24)39-30/h7-11,14-16,18,32H,5-6,12-13H2,1-4H3/t16-,18?,30+/m1/s1. The van der Waals surface area contributed by atoms with Crippen LogP contribution in [0.3, 0.4) is 0 Å². The SMILES string of the molecule is CCCCOC(=O)C1=CC(c2ccccc2)C2=C(C[C@@H](C)[C@]3(Oc4c(Cl)c(OC)cc(OC)c4C3=O)C2=O)N1. The van der Waals surface area contributed by atoms with Crippen molar-refractivity contribution in [3.05, 3.63) is 75.6 Å². The van der Waals surface area contributed by atoms with Crippen LogP contribution in [0.1, 0.15) is 54.9 Å². The fourth-order valence-electron chi connectivity index (χ4n) is 5.53. The van der Waals surface area contributed by atoms with Crippen molar-refractivity contribution in [1.82, 2.24) is 5.32 Å². The number of ketones is 2. The highest BCUT2D eigenvalue weighted by Gasteiger charge is 2.63. The van der Waals surface area contributed by atoms with Crippen LogP contribution in [0.15, 0.2) is 59.4 Å². The van der Waals surface area contributed by atoms with Gasteiger partial charge in [-0.25, -0.2) is 4.79 Å². The molecule has 3 aliphatic rings. The highest BCUT2D eigenvalue weighted by Crippen LogP contribution is 2.55. The van der Waals surface area contributed by atoms with Gasteiger partial charge in [-0.05, 0) is 24.5 Å². The first-order valence-corrected chi connectivity index (χ1v) is 13.3. The number of fused-ring (bicyclic) bond motifs is 1. The lowest BCUT2D eigenvalue weighted by Crippen LogP contribution is -2.58. The van der Waals surface area contributed by atoms with E-state index in [0.717, 1.165) is 18.4 Å². The van der Waals surface area contributed by atoms with Crippen LogP contribution in [-0.2, 0) is 14.3 Å². The van der Waals surface area contributed by atoms with Gasteiger partial charge in [-0.1, -0.05) is 62.2 Å². The summed E-state index contributed by atoms with van der Waals surface area (Å²) in [4.78, 5) is 41.5. The predicted octanol–water partition coefficient (Wildman–Crippen LogP) is 5.15. The van der Waals surface area contributed by atoms with Gasteiger partial charge < -0.3 is 24.3 Å². The molecule has 1 N–H and O–H groups in total. The van der Waals surface area contributed by atoms with Crippen molar-refractivity contribution in [2.75, 3.05) is 20.8 Å². The molecule has 0 fully saturated rings. The van der Waals surface area contributed by atoms with Crippen molar-refractivity contribution < 1.29 is 33.3 Å². The summed E-state index contributed by atoms with van der Waals surface area (Å²) in [5.41, 5.74) is 0.275. The molecular formula is C30H30ClNO7. The number of allylic oxidation sites excluding steroid dienone is 2. The number of halogens is 1. The number of dihydropyridines is 1. The second-order valence-electron chi connectivity index (χ2n) is 9.88. The molecule has 3 atom stereocenters. The number of nitrogens with one attached hydrogen (secondary N) is 1. The fourth-order valence-corrected chi connectivity index (χ4v) is 5.79. The van der Waals surface area contributed by atoms with Crippen LogP contribution in [0, 0.1) is 5.92 Å². The molecule has 2 aromatic carbocycles. The van der Waals surface area contributed by atoms with E-state index >= 15 is 0 Å². The van der Waals surface area contributed by atoms with Gasteiger partial charge in [0.2, 0.25) is 17.2 Å². The summed E-state index contributed by atoms with van der Waals surface area (Å²) in [5, 5.41) is 3.24. The highest BCUT2D eigenvalue weighted by molar-refractivity contribution is 6.36. The van der Waals surface area contributed by atoms with Gasteiger partial charge in [0.1, 0.15) is 27.8 Å². The molecule has 0 saturated carbocycles. The molecule has 1 unspecified atom stereocenters. The molecule has 1 aliphatic carbocycles. The zero-order chi connectivity index (χ0) is 27.9. The molecule has 0 radical (unpaired) electrons. The summed E-state index contributed by atoms with van der Waals surface area (Å²) in [6.07, 6.45) is 3.62. The summed E-state index contributed by atoms with van der Waals surface area (Å²) in [5.74, 6) is -2.11. The van der Waals surface area contributed by atoms with Gasteiger partial charge in [-0.2, -0.15) is 0 Å². The summed E-state index contributed by atoms with van der Waals surface area (Å²) >= 11 is 6.56. The first kappa shape index (κ1) is 26.8. The fraction of sp³-hybridized carbons (Fsp3) is 0.367. The first-order valence-electron chi connectivity index (χ1n) is 12.9. The van der Waals surface area contributed by atoms with Gasteiger partial charge in [0, 0.05) is 29.2 Å². The van der Waals surface area contributed by atoms with E-state index in [4.69, 9.17) is 30.5 Å². The van der Waals surface area contributed by atoms with E-state index in [1.165, 1.54) is 20.3 Å². The van der Waals surface area contributed by atoms with Crippen molar-refractivity contribution in [3.63, 3.8) is 0 Å². The van der Waals surface area contributed by atoms with Gasteiger partial charge in [-0.3, -0.25) is 9.59 Å². The van der Waals surface area contributed by atoms with Gasteiger partial charge in [0.25, 0.3) is 0 Å². The largest absolute Gasteiger partial charge is 0.496 e. The molecule has 5 rings (SSSR count). The van der Waals surface area contributed by atoms with Gasteiger partial charge >= 0.3 is 5.97 Å². The molecular weight excluding hydrogens is 522 g/mol. The maximum Gasteiger partial charge on any atom is 0.354 e. The number of rotatable bonds is 7.